The number of nitrogens with two attached hydrogens (primary N) is 1. The van der Waals surface area contributed by atoms with Crippen molar-refractivity contribution in [3.8, 4) is 0 Å². The number of halogens is 1. The molecular formula is C9H13ClN4O. The van der Waals surface area contributed by atoms with Gasteiger partial charge in [0.15, 0.2) is 5.82 Å². The highest BCUT2D eigenvalue weighted by Crippen LogP contribution is 2.21. The molecule has 0 spiro atoms. The van der Waals surface area contributed by atoms with Crippen molar-refractivity contribution in [3.63, 3.8) is 0 Å². The molecule has 82 valence electrons. The Morgan fingerprint density at radius 3 is 2.93 bits per heavy atom. The first-order valence-corrected chi connectivity index (χ1v) is 4.76. The quantitative estimate of drug-likeness (QED) is 0.740. The number of nitrogens with one attached hydrogen (secondary N) is 1. The summed E-state index contributed by atoms with van der Waals surface area (Å²) >= 11 is 5.74. The smallest absolute Gasteiger partial charge is 0.239 e. The highest BCUT2D eigenvalue weighted by atomic mass is 35.5. The zero-order valence-electron chi connectivity index (χ0n) is 8.62. The number of nitrogens with zero attached hydrogens (tertiary/aromatic N) is 2. The molecule has 0 saturated carbocycles. The van der Waals surface area contributed by atoms with E-state index in [0.717, 1.165) is 0 Å². The van der Waals surface area contributed by atoms with Gasteiger partial charge in [0, 0.05) is 14.1 Å². The fourth-order valence-electron chi connectivity index (χ4n) is 1.11. The van der Waals surface area contributed by atoms with Gasteiger partial charge >= 0.3 is 0 Å². The monoisotopic (exact) mass is 228 g/mol. The van der Waals surface area contributed by atoms with Crippen molar-refractivity contribution in [2.75, 3.05) is 31.3 Å². The van der Waals surface area contributed by atoms with Gasteiger partial charge in [-0.15, -0.1) is 0 Å². The van der Waals surface area contributed by atoms with Crippen LogP contribution in [0.3, 0.4) is 0 Å². The molecule has 0 unspecified atom stereocenters. The Bertz CT molecular complexity index is 369. The fourth-order valence-corrected chi connectivity index (χ4v) is 1.25. The number of aromatic nitrogens is 1. The minimum absolute atomic E-state index is 0.112. The van der Waals surface area contributed by atoms with E-state index in [-0.39, 0.29) is 12.5 Å². The molecular weight excluding hydrogens is 216 g/mol. The molecule has 1 rings (SSSR count). The molecule has 1 aromatic heterocycles. The molecule has 0 aliphatic carbocycles. The molecule has 0 radical (unpaired) electrons. The van der Waals surface area contributed by atoms with Crippen LogP contribution in [0, 0.1) is 0 Å². The van der Waals surface area contributed by atoms with Crippen molar-refractivity contribution in [1.82, 2.24) is 10.3 Å². The molecule has 3 N–H and O–H groups in total. The van der Waals surface area contributed by atoms with Gasteiger partial charge in [-0.3, -0.25) is 4.79 Å². The average Bonchev–Trinajstić information content (AvgIpc) is 2.21. The van der Waals surface area contributed by atoms with Crippen LogP contribution in [0.4, 0.5) is 11.5 Å². The standard InChI is InChI=1S/C9H13ClN4O/c1-12-8(15)5-14(2)9-6(11)3-4-7(10)13-9/h3-4H,5,11H2,1-2H3,(H,12,15). The minimum Gasteiger partial charge on any atom is -0.396 e. The first-order chi connectivity index (χ1) is 7.04. The van der Waals surface area contributed by atoms with Crippen LogP contribution in [-0.4, -0.2) is 31.5 Å². The van der Waals surface area contributed by atoms with Crippen LogP contribution in [0.25, 0.3) is 0 Å². The lowest BCUT2D eigenvalue weighted by Crippen LogP contribution is -2.33. The summed E-state index contributed by atoms with van der Waals surface area (Å²) in [5.74, 6) is 0.393. The molecule has 0 fully saturated rings. The highest BCUT2D eigenvalue weighted by molar-refractivity contribution is 6.29. The van der Waals surface area contributed by atoms with Gasteiger partial charge in [0.2, 0.25) is 5.91 Å². The number of rotatable bonds is 3. The van der Waals surface area contributed by atoms with Gasteiger partial charge in [-0.1, -0.05) is 11.6 Å². The van der Waals surface area contributed by atoms with Crippen molar-refractivity contribution in [2.24, 2.45) is 0 Å². The lowest BCUT2D eigenvalue weighted by molar-refractivity contribution is -0.119. The van der Waals surface area contributed by atoms with E-state index in [9.17, 15) is 4.79 Å². The zero-order chi connectivity index (χ0) is 11.4. The van der Waals surface area contributed by atoms with Gasteiger partial charge in [0.25, 0.3) is 0 Å². The lowest BCUT2D eigenvalue weighted by Gasteiger charge is -2.18. The summed E-state index contributed by atoms with van der Waals surface area (Å²) in [5.41, 5.74) is 6.20. The van der Waals surface area contributed by atoms with Gasteiger partial charge in [-0.25, -0.2) is 4.98 Å². The van der Waals surface area contributed by atoms with E-state index in [2.05, 4.69) is 10.3 Å². The molecule has 1 amide bonds. The van der Waals surface area contributed by atoms with E-state index in [1.165, 1.54) is 0 Å². The SMILES string of the molecule is CNC(=O)CN(C)c1nc(Cl)ccc1N. The summed E-state index contributed by atoms with van der Waals surface area (Å²) in [6.07, 6.45) is 0. The van der Waals surface area contributed by atoms with Gasteiger partial charge in [0.1, 0.15) is 5.15 Å². The number of hydrogen-bond donors (Lipinski definition) is 2. The first-order valence-electron chi connectivity index (χ1n) is 4.38. The number of carbonyl (C=O) groups excluding carboxylic acids is 1. The number of carbonyl (C=O) groups is 1. The van der Waals surface area contributed by atoms with E-state index in [1.807, 2.05) is 0 Å². The molecule has 15 heavy (non-hydrogen) atoms. The second-order valence-electron chi connectivity index (χ2n) is 3.08. The van der Waals surface area contributed by atoms with Crippen molar-refractivity contribution in [2.45, 2.75) is 0 Å². The van der Waals surface area contributed by atoms with Crippen molar-refractivity contribution >= 4 is 29.0 Å². The maximum atomic E-state index is 11.1. The third-order valence-electron chi connectivity index (χ3n) is 1.89. The van der Waals surface area contributed by atoms with Crippen LogP contribution in [0.5, 0.6) is 0 Å². The second-order valence-corrected chi connectivity index (χ2v) is 3.46. The summed E-state index contributed by atoms with van der Waals surface area (Å²) in [5, 5.41) is 2.87. The Hall–Kier alpha value is -1.49. The van der Waals surface area contributed by atoms with E-state index < -0.39 is 0 Å². The Balaban J connectivity index is 2.85. The Morgan fingerprint density at radius 2 is 2.33 bits per heavy atom. The van der Waals surface area contributed by atoms with Crippen LogP contribution in [0.2, 0.25) is 5.15 Å². The minimum atomic E-state index is -0.112. The molecule has 1 aromatic rings. The normalized spacial score (nSPS) is 9.80. The van der Waals surface area contributed by atoms with Crippen molar-refractivity contribution < 1.29 is 4.79 Å². The molecule has 0 aliphatic rings. The summed E-state index contributed by atoms with van der Waals surface area (Å²) in [6.45, 7) is 0.189. The van der Waals surface area contributed by atoms with E-state index in [1.54, 1.807) is 31.1 Å². The third-order valence-corrected chi connectivity index (χ3v) is 2.10. The van der Waals surface area contributed by atoms with Gasteiger partial charge in [-0.2, -0.15) is 0 Å². The molecule has 0 aromatic carbocycles. The molecule has 0 bridgehead atoms. The number of hydrogen-bond acceptors (Lipinski definition) is 4. The Kier molecular flexibility index (Phi) is 3.74. The third kappa shape index (κ3) is 2.99. The number of amides is 1. The number of nitrogen functional groups attached to an aromatic ring is 1. The zero-order valence-corrected chi connectivity index (χ0v) is 9.38. The van der Waals surface area contributed by atoms with Crippen LogP contribution in [0.15, 0.2) is 12.1 Å². The van der Waals surface area contributed by atoms with E-state index >= 15 is 0 Å². The largest absolute Gasteiger partial charge is 0.396 e. The topological polar surface area (TPSA) is 71.2 Å². The number of anilines is 2. The van der Waals surface area contributed by atoms with Crippen LogP contribution >= 0.6 is 11.6 Å². The number of pyridine rings is 1. The van der Waals surface area contributed by atoms with Crippen LogP contribution < -0.4 is 16.0 Å². The molecule has 0 aliphatic heterocycles. The summed E-state index contributed by atoms with van der Waals surface area (Å²) in [6, 6.07) is 3.26. The fraction of sp³-hybridized carbons (Fsp3) is 0.333. The molecule has 1 heterocycles. The molecule has 5 nitrogen and oxygen atoms in total. The van der Waals surface area contributed by atoms with Gasteiger partial charge < -0.3 is 16.0 Å². The molecule has 0 saturated heterocycles. The molecule has 0 atom stereocenters. The highest BCUT2D eigenvalue weighted by Gasteiger charge is 2.10. The van der Waals surface area contributed by atoms with E-state index in [0.29, 0.717) is 16.7 Å². The predicted molar refractivity (Wildman–Crippen MR) is 61.0 cm³/mol. The summed E-state index contributed by atoms with van der Waals surface area (Å²) in [7, 11) is 3.30. The Labute approximate surface area is 93.2 Å². The summed E-state index contributed by atoms with van der Waals surface area (Å²) < 4.78 is 0. The van der Waals surface area contributed by atoms with E-state index in [4.69, 9.17) is 17.3 Å². The van der Waals surface area contributed by atoms with Gasteiger partial charge in [-0.05, 0) is 12.1 Å². The average molecular weight is 229 g/mol. The van der Waals surface area contributed by atoms with Crippen molar-refractivity contribution in [1.29, 1.82) is 0 Å². The lowest BCUT2D eigenvalue weighted by atomic mass is 10.3. The maximum Gasteiger partial charge on any atom is 0.239 e. The van der Waals surface area contributed by atoms with Crippen LogP contribution in [0.1, 0.15) is 0 Å². The van der Waals surface area contributed by atoms with Gasteiger partial charge in [0.05, 0.1) is 12.2 Å². The molecule has 6 heteroatoms. The van der Waals surface area contributed by atoms with Crippen molar-refractivity contribution in [3.05, 3.63) is 17.3 Å². The second kappa shape index (κ2) is 4.84. The maximum absolute atomic E-state index is 11.1. The summed E-state index contributed by atoms with van der Waals surface area (Å²) in [4.78, 5) is 16.8. The first kappa shape index (κ1) is 11.6. The predicted octanol–water partition coefficient (Wildman–Crippen LogP) is 0.499. The van der Waals surface area contributed by atoms with Crippen LogP contribution in [-0.2, 0) is 4.79 Å². The Morgan fingerprint density at radius 1 is 1.67 bits per heavy atom. The number of likely N-dealkylation sites (N-methyl/N-ethyl adjacent to an activating group) is 2.